The molecule has 5 heteroatoms. The van der Waals surface area contributed by atoms with E-state index in [4.69, 9.17) is 5.26 Å². The van der Waals surface area contributed by atoms with E-state index in [1.54, 1.807) is 42.7 Å². The van der Waals surface area contributed by atoms with Gasteiger partial charge < -0.3 is 5.32 Å². The Balaban J connectivity index is 1.93. The molecule has 1 amide bonds. The molecule has 0 saturated heterocycles. The molecule has 1 heterocycles. The Hall–Kier alpha value is -2.87. The summed E-state index contributed by atoms with van der Waals surface area (Å²) in [6, 6.07) is 8.96. The minimum absolute atomic E-state index is 0.105. The lowest BCUT2D eigenvalue weighted by molar-refractivity contribution is -0.117. The highest BCUT2D eigenvalue weighted by molar-refractivity contribution is 5.91. The monoisotopic (exact) mass is 266 g/mol. The van der Waals surface area contributed by atoms with Crippen LogP contribution in [0.5, 0.6) is 0 Å². The van der Waals surface area contributed by atoms with Gasteiger partial charge in [0.25, 0.3) is 0 Å². The van der Waals surface area contributed by atoms with E-state index < -0.39 is 0 Å². The third-order valence-electron chi connectivity index (χ3n) is 2.85. The molecule has 0 aliphatic rings. The van der Waals surface area contributed by atoms with Crippen molar-refractivity contribution >= 4 is 12.0 Å². The van der Waals surface area contributed by atoms with E-state index in [9.17, 15) is 4.79 Å². The Morgan fingerprint density at radius 2 is 2.20 bits per heavy atom. The van der Waals surface area contributed by atoms with Crippen LogP contribution in [0.4, 0.5) is 0 Å². The Morgan fingerprint density at radius 1 is 1.45 bits per heavy atom. The van der Waals surface area contributed by atoms with Gasteiger partial charge in [0.15, 0.2) is 0 Å². The number of carbonyl (C=O) groups excluding carboxylic acids is 1. The molecule has 1 aromatic heterocycles. The zero-order valence-corrected chi connectivity index (χ0v) is 11.0. The molecule has 0 aliphatic carbocycles. The van der Waals surface area contributed by atoms with Gasteiger partial charge in [-0.15, -0.1) is 0 Å². The van der Waals surface area contributed by atoms with Gasteiger partial charge in [-0.2, -0.15) is 10.4 Å². The molecule has 0 bridgehead atoms. The Labute approximate surface area is 116 Å². The van der Waals surface area contributed by atoms with Crippen molar-refractivity contribution in [3.8, 4) is 6.07 Å². The Kier molecular flexibility index (Phi) is 4.30. The predicted molar refractivity (Wildman–Crippen MR) is 75.3 cm³/mol. The third-order valence-corrected chi connectivity index (χ3v) is 2.85. The molecule has 1 aromatic carbocycles. The molecular weight excluding hydrogens is 252 g/mol. The number of rotatable bonds is 4. The first-order valence-corrected chi connectivity index (χ1v) is 6.16. The van der Waals surface area contributed by atoms with Crippen LogP contribution in [0.3, 0.4) is 0 Å². The fraction of sp³-hybridized carbons (Fsp3) is 0.133. The van der Waals surface area contributed by atoms with Crippen LogP contribution in [-0.4, -0.2) is 16.1 Å². The van der Waals surface area contributed by atoms with Crippen LogP contribution in [0.15, 0.2) is 42.7 Å². The molecule has 0 spiro atoms. The second-order valence-electron chi connectivity index (χ2n) is 4.33. The third kappa shape index (κ3) is 3.56. The second-order valence-corrected chi connectivity index (χ2v) is 4.33. The lowest BCUT2D eigenvalue weighted by Crippen LogP contribution is -2.24. The summed E-state index contributed by atoms with van der Waals surface area (Å²) in [5.74, 6) is -0.178. The molecule has 0 radical (unpaired) electrons. The molecule has 2 N–H and O–H groups in total. The van der Waals surface area contributed by atoms with E-state index in [2.05, 4.69) is 15.5 Å². The highest BCUT2D eigenvalue weighted by atomic mass is 16.1. The SMILES string of the molecule is CC(NC(=O)/C=C/c1ccc(C#N)cc1)c1cn[nH]c1. The van der Waals surface area contributed by atoms with Crippen LogP contribution in [0.2, 0.25) is 0 Å². The molecule has 20 heavy (non-hydrogen) atoms. The van der Waals surface area contributed by atoms with Gasteiger partial charge in [0.1, 0.15) is 0 Å². The smallest absolute Gasteiger partial charge is 0.244 e. The first-order valence-electron chi connectivity index (χ1n) is 6.16. The van der Waals surface area contributed by atoms with E-state index in [1.807, 2.05) is 13.0 Å². The summed E-state index contributed by atoms with van der Waals surface area (Å²) in [6.45, 7) is 1.89. The van der Waals surface area contributed by atoms with Gasteiger partial charge in [-0.25, -0.2) is 0 Å². The molecule has 5 nitrogen and oxygen atoms in total. The normalized spacial score (nSPS) is 12.0. The fourth-order valence-electron chi connectivity index (χ4n) is 1.68. The topological polar surface area (TPSA) is 81.6 Å². The lowest BCUT2D eigenvalue weighted by atomic mass is 10.1. The summed E-state index contributed by atoms with van der Waals surface area (Å²) in [6.07, 6.45) is 6.60. The van der Waals surface area contributed by atoms with Gasteiger partial charge in [-0.1, -0.05) is 12.1 Å². The van der Waals surface area contributed by atoms with Crippen molar-refractivity contribution in [1.82, 2.24) is 15.5 Å². The highest BCUT2D eigenvalue weighted by Crippen LogP contribution is 2.09. The van der Waals surface area contributed by atoms with Crippen molar-refractivity contribution in [1.29, 1.82) is 5.26 Å². The van der Waals surface area contributed by atoms with Crippen molar-refractivity contribution in [2.24, 2.45) is 0 Å². The van der Waals surface area contributed by atoms with E-state index >= 15 is 0 Å². The summed E-state index contributed by atoms with van der Waals surface area (Å²) in [5, 5.41) is 18.1. The van der Waals surface area contributed by atoms with E-state index in [1.165, 1.54) is 6.08 Å². The molecule has 0 fully saturated rings. The van der Waals surface area contributed by atoms with Crippen LogP contribution in [0.25, 0.3) is 6.08 Å². The summed E-state index contributed by atoms with van der Waals surface area (Å²) < 4.78 is 0. The van der Waals surface area contributed by atoms with Crippen molar-refractivity contribution in [2.75, 3.05) is 0 Å². The van der Waals surface area contributed by atoms with Gasteiger partial charge >= 0.3 is 0 Å². The van der Waals surface area contributed by atoms with Crippen molar-refractivity contribution in [2.45, 2.75) is 13.0 Å². The minimum atomic E-state index is -0.178. The maximum atomic E-state index is 11.8. The first-order chi connectivity index (χ1) is 9.69. The molecule has 0 saturated carbocycles. The van der Waals surface area contributed by atoms with E-state index in [0.717, 1.165) is 11.1 Å². The molecular formula is C15H14N4O. The number of H-pyrrole nitrogens is 1. The summed E-state index contributed by atoms with van der Waals surface area (Å²) >= 11 is 0. The molecule has 2 rings (SSSR count). The Bertz CT molecular complexity index is 636. The van der Waals surface area contributed by atoms with Crippen LogP contribution >= 0.6 is 0 Å². The van der Waals surface area contributed by atoms with Crippen LogP contribution in [-0.2, 0) is 4.79 Å². The highest BCUT2D eigenvalue weighted by Gasteiger charge is 2.07. The van der Waals surface area contributed by atoms with Crippen LogP contribution < -0.4 is 5.32 Å². The lowest BCUT2D eigenvalue weighted by Gasteiger charge is -2.09. The van der Waals surface area contributed by atoms with Crippen molar-refractivity contribution < 1.29 is 4.79 Å². The summed E-state index contributed by atoms with van der Waals surface area (Å²) in [5.41, 5.74) is 2.39. The maximum absolute atomic E-state index is 11.8. The average Bonchev–Trinajstić information content (AvgIpc) is 3.00. The summed E-state index contributed by atoms with van der Waals surface area (Å²) in [4.78, 5) is 11.8. The Morgan fingerprint density at radius 3 is 2.80 bits per heavy atom. The quantitative estimate of drug-likeness (QED) is 0.832. The van der Waals surface area contributed by atoms with Crippen molar-refractivity contribution in [3.63, 3.8) is 0 Å². The van der Waals surface area contributed by atoms with Crippen LogP contribution in [0, 0.1) is 11.3 Å². The number of hydrogen-bond donors (Lipinski definition) is 2. The average molecular weight is 266 g/mol. The van der Waals surface area contributed by atoms with Gasteiger partial charge in [-0.05, 0) is 30.7 Å². The minimum Gasteiger partial charge on any atom is -0.346 e. The number of amides is 1. The van der Waals surface area contributed by atoms with Crippen LogP contribution in [0.1, 0.15) is 29.7 Å². The largest absolute Gasteiger partial charge is 0.346 e. The van der Waals surface area contributed by atoms with Gasteiger partial charge in [0, 0.05) is 17.8 Å². The number of nitrogens with one attached hydrogen (secondary N) is 2. The zero-order valence-electron chi connectivity index (χ0n) is 11.0. The number of carbonyl (C=O) groups is 1. The van der Waals surface area contributed by atoms with Gasteiger partial charge in [0.05, 0.1) is 23.9 Å². The number of aromatic nitrogens is 2. The number of nitriles is 1. The maximum Gasteiger partial charge on any atom is 0.244 e. The van der Waals surface area contributed by atoms with E-state index in [-0.39, 0.29) is 11.9 Å². The number of aromatic amines is 1. The van der Waals surface area contributed by atoms with Crippen molar-refractivity contribution in [3.05, 3.63) is 59.4 Å². The number of hydrogen-bond acceptors (Lipinski definition) is 3. The molecule has 2 aromatic rings. The number of nitrogens with zero attached hydrogens (tertiary/aromatic N) is 2. The number of benzene rings is 1. The molecule has 0 aliphatic heterocycles. The standard InChI is InChI=1S/C15H14N4O/c1-11(14-9-17-18-10-14)19-15(20)7-6-12-2-4-13(8-16)5-3-12/h2-7,9-11H,1H3,(H,17,18)(H,19,20)/b7-6+. The molecule has 1 atom stereocenters. The second kappa shape index (κ2) is 6.34. The zero-order chi connectivity index (χ0) is 14.4. The fourth-order valence-corrected chi connectivity index (χ4v) is 1.68. The molecule has 1 unspecified atom stereocenters. The van der Waals surface area contributed by atoms with E-state index in [0.29, 0.717) is 5.56 Å². The van der Waals surface area contributed by atoms with Gasteiger partial charge in [-0.3, -0.25) is 9.89 Å². The predicted octanol–water partition coefficient (Wildman–Crippen LogP) is 2.17. The first kappa shape index (κ1) is 13.6. The summed E-state index contributed by atoms with van der Waals surface area (Å²) in [7, 11) is 0. The van der Waals surface area contributed by atoms with Gasteiger partial charge in [0.2, 0.25) is 5.91 Å². The molecule has 100 valence electrons.